The lowest BCUT2D eigenvalue weighted by molar-refractivity contribution is 1.62. The zero-order valence-corrected chi connectivity index (χ0v) is 7.41. The van der Waals surface area contributed by atoms with Gasteiger partial charge in [0.15, 0.2) is 0 Å². The summed E-state index contributed by atoms with van der Waals surface area (Å²) in [7, 11) is 0. The van der Waals surface area contributed by atoms with Gasteiger partial charge in [-0.15, -0.1) is 0 Å². The second-order valence-corrected chi connectivity index (χ2v) is 3.16. The van der Waals surface area contributed by atoms with Crippen molar-refractivity contribution in [1.29, 1.82) is 0 Å². The Morgan fingerprint density at radius 2 is 1.80 bits per heavy atom. The maximum absolute atomic E-state index is 5.68. The van der Waals surface area contributed by atoms with Gasteiger partial charge >= 0.3 is 0 Å². The number of nitrogens with two attached hydrogens (primary N) is 2. The molecule has 10 heavy (non-hydrogen) atoms. The molecule has 54 valence electrons. The first kappa shape index (κ1) is 7.69. The lowest BCUT2D eigenvalue weighted by Crippen LogP contribution is -1.91. The average Bonchev–Trinajstić information content (AvgIpc) is 1.84. The van der Waals surface area contributed by atoms with Crippen molar-refractivity contribution in [3.8, 4) is 0 Å². The van der Waals surface area contributed by atoms with E-state index in [1.54, 1.807) is 12.1 Å². The lowest BCUT2D eigenvalue weighted by atomic mass is 10.3. The zero-order chi connectivity index (χ0) is 7.72. The largest absolute Gasteiger partial charge is 0.398 e. The van der Waals surface area contributed by atoms with Gasteiger partial charge in [-0.05, 0) is 28.1 Å². The Balaban J connectivity index is 3.28. The molecule has 0 aromatic heterocycles. The molecule has 2 nitrogen and oxygen atoms in total. The van der Waals surface area contributed by atoms with E-state index in [0.717, 1.165) is 4.47 Å². The van der Waals surface area contributed by atoms with Gasteiger partial charge in [-0.2, -0.15) is 0 Å². The molecule has 0 fully saturated rings. The Kier molecular flexibility index (Phi) is 2.06. The third-order valence-electron chi connectivity index (χ3n) is 1.12. The van der Waals surface area contributed by atoms with E-state index in [4.69, 9.17) is 23.1 Å². The molecule has 0 saturated carbocycles. The summed E-state index contributed by atoms with van der Waals surface area (Å²) in [6.45, 7) is 0. The second kappa shape index (κ2) is 2.68. The SMILES string of the molecule is Nc1cc(N)c(Br)cc1Cl. The summed E-state index contributed by atoms with van der Waals surface area (Å²) in [4.78, 5) is 0. The topological polar surface area (TPSA) is 52.0 Å². The molecule has 0 spiro atoms. The molecule has 0 saturated heterocycles. The zero-order valence-electron chi connectivity index (χ0n) is 5.07. The predicted octanol–water partition coefficient (Wildman–Crippen LogP) is 2.27. The molecule has 1 aromatic rings. The van der Waals surface area contributed by atoms with E-state index in [2.05, 4.69) is 15.9 Å². The standard InChI is InChI=1S/C6H6BrClN2/c7-3-1-4(8)6(10)2-5(3)9/h1-2H,9-10H2. The van der Waals surface area contributed by atoms with E-state index in [0.29, 0.717) is 16.4 Å². The van der Waals surface area contributed by atoms with Crippen LogP contribution in [-0.2, 0) is 0 Å². The van der Waals surface area contributed by atoms with Crippen molar-refractivity contribution in [3.63, 3.8) is 0 Å². The normalized spacial score (nSPS) is 9.80. The minimum atomic E-state index is 0.502. The molecule has 0 radical (unpaired) electrons. The molecule has 0 aliphatic heterocycles. The van der Waals surface area contributed by atoms with Crippen LogP contribution < -0.4 is 11.5 Å². The molecule has 0 bridgehead atoms. The summed E-state index contributed by atoms with van der Waals surface area (Å²) in [5.41, 5.74) is 12.1. The fraction of sp³-hybridized carbons (Fsp3) is 0. The van der Waals surface area contributed by atoms with Crippen LogP contribution in [0.4, 0.5) is 11.4 Å². The Labute approximate surface area is 72.3 Å². The first-order valence-corrected chi connectivity index (χ1v) is 3.78. The van der Waals surface area contributed by atoms with Crippen molar-refractivity contribution in [2.24, 2.45) is 0 Å². The van der Waals surface area contributed by atoms with Crippen molar-refractivity contribution < 1.29 is 0 Å². The van der Waals surface area contributed by atoms with Gasteiger partial charge in [0, 0.05) is 10.2 Å². The molecule has 4 heteroatoms. The van der Waals surface area contributed by atoms with Crippen LogP contribution in [0.1, 0.15) is 0 Å². The van der Waals surface area contributed by atoms with Crippen LogP contribution in [0, 0.1) is 0 Å². The molecule has 0 heterocycles. The summed E-state index contributed by atoms with van der Waals surface area (Å²) >= 11 is 8.89. The van der Waals surface area contributed by atoms with Crippen molar-refractivity contribution in [1.82, 2.24) is 0 Å². The number of benzene rings is 1. The van der Waals surface area contributed by atoms with Gasteiger partial charge in [-0.3, -0.25) is 0 Å². The molecule has 0 amide bonds. The number of hydrogen-bond donors (Lipinski definition) is 2. The smallest absolute Gasteiger partial charge is 0.0648 e. The van der Waals surface area contributed by atoms with Crippen LogP contribution >= 0.6 is 27.5 Å². The van der Waals surface area contributed by atoms with Gasteiger partial charge in [0.1, 0.15) is 0 Å². The highest BCUT2D eigenvalue weighted by Gasteiger charge is 1.99. The number of nitrogen functional groups attached to an aromatic ring is 2. The average molecular weight is 221 g/mol. The third-order valence-corrected chi connectivity index (χ3v) is 2.13. The lowest BCUT2D eigenvalue weighted by Gasteiger charge is -2.00. The molecule has 1 aromatic carbocycles. The fourth-order valence-electron chi connectivity index (χ4n) is 0.583. The first-order valence-electron chi connectivity index (χ1n) is 2.61. The van der Waals surface area contributed by atoms with Gasteiger partial charge in [-0.25, -0.2) is 0 Å². The summed E-state index contributed by atoms with van der Waals surface area (Å²) in [6.07, 6.45) is 0. The second-order valence-electron chi connectivity index (χ2n) is 1.90. The summed E-state index contributed by atoms with van der Waals surface area (Å²) in [5.74, 6) is 0. The van der Waals surface area contributed by atoms with Crippen molar-refractivity contribution in [2.75, 3.05) is 11.5 Å². The van der Waals surface area contributed by atoms with Crippen LogP contribution in [0.15, 0.2) is 16.6 Å². The van der Waals surface area contributed by atoms with Gasteiger partial charge in [0.25, 0.3) is 0 Å². The van der Waals surface area contributed by atoms with Gasteiger partial charge in [0.05, 0.1) is 10.7 Å². The van der Waals surface area contributed by atoms with E-state index in [1.165, 1.54) is 0 Å². The highest BCUT2D eigenvalue weighted by Crippen LogP contribution is 2.28. The molecular weight excluding hydrogens is 215 g/mol. The highest BCUT2D eigenvalue weighted by molar-refractivity contribution is 9.10. The van der Waals surface area contributed by atoms with Crippen molar-refractivity contribution >= 4 is 38.9 Å². The Hall–Kier alpha value is -0.410. The van der Waals surface area contributed by atoms with Crippen LogP contribution in [-0.4, -0.2) is 0 Å². The predicted molar refractivity (Wildman–Crippen MR) is 48.0 cm³/mol. The molecule has 0 aliphatic rings. The maximum atomic E-state index is 5.68. The van der Waals surface area contributed by atoms with Crippen LogP contribution in [0.5, 0.6) is 0 Å². The van der Waals surface area contributed by atoms with E-state index in [9.17, 15) is 0 Å². The minimum absolute atomic E-state index is 0.502. The third kappa shape index (κ3) is 1.36. The summed E-state index contributed by atoms with van der Waals surface area (Å²) < 4.78 is 0.770. The van der Waals surface area contributed by atoms with Crippen LogP contribution in [0.3, 0.4) is 0 Å². The first-order chi connectivity index (χ1) is 4.61. The van der Waals surface area contributed by atoms with Gasteiger partial charge < -0.3 is 11.5 Å². The monoisotopic (exact) mass is 220 g/mol. The Morgan fingerprint density at radius 3 is 2.30 bits per heavy atom. The van der Waals surface area contributed by atoms with Crippen molar-refractivity contribution in [3.05, 3.63) is 21.6 Å². The molecule has 1 rings (SSSR count). The quantitative estimate of drug-likeness (QED) is 0.660. The fourth-order valence-corrected chi connectivity index (χ4v) is 1.22. The number of anilines is 2. The van der Waals surface area contributed by atoms with E-state index in [1.807, 2.05) is 0 Å². The van der Waals surface area contributed by atoms with E-state index < -0.39 is 0 Å². The van der Waals surface area contributed by atoms with Gasteiger partial charge in [0.2, 0.25) is 0 Å². The number of hydrogen-bond acceptors (Lipinski definition) is 2. The van der Waals surface area contributed by atoms with Gasteiger partial charge in [-0.1, -0.05) is 11.6 Å². The molecular formula is C6H6BrClN2. The molecule has 0 atom stereocenters. The molecule has 0 aliphatic carbocycles. The summed E-state index contributed by atoms with van der Waals surface area (Å²) in [5, 5.41) is 0.515. The number of rotatable bonds is 0. The van der Waals surface area contributed by atoms with E-state index in [-0.39, 0.29) is 0 Å². The van der Waals surface area contributed by atoms with Crippen LogP contribution in [0.25, 0.3) is 0 Å². The van der Waals surface area contributed by atoms with Crippen LogP contribution in [0.2, 0.25) is 5.02 Å². The minimum Gasteiger partial charge on any atom is -0.398 e. The summed E-state index contributed by atoms with van der Waals surface area (Å²) in [6, 6.07) is 3.29. The van der Waals surface area contributed by atoms with E-state index >= 15 is 0 Å². The highest BCUT2D eigenvalue weighted by atomic mass is 79.9. The molecule has 0 unspecified atom stereocenters. The maximum Gasteiger partial charge on any atom is 0.0648 e. The number of halogens is 2. The Bertz CT molecular complexity index is 212. The Morgan fingerprint density at radius 1 is 1.20 bits per heavy atom. The molecule has 4 N–H and O–H groups in total. The van der Waals surface area contributed by atoms with Crippen molar-refractivity contribution in [2.45, 2.75) is 0 Å².